The van der Waals surface area contributed by atoms with Gasteiger partial charge in [0.2, 0.25) is 0 Å². The van der Waals surface area contributed by atoms with E-state index in [1.54, 1.807) is 18.7 Å². The smallest absolute Gasteiger partial charge is 0.406 e. The molecule has 1 aromatic heterocycles. The van der Waals surface area contributed by atoms with Crippen molar-refractivity contribution in [2.45, 2.75) is 40.5 Å². The zero-order valence-electron chi connectivity index (χ0n) is 24.0. The number of alkyl halides is 3. The number of carbonyl (C=O) groups excluding carboxylic acids is 1. The molecule has 43 heavy (non-hydrogen) atoms. The predicted octanol–water partition coefficient (Wildman–Crippen LogP) is 7.49. The number of benzene rings is 3. The monoisotopic (exact) mass is 606 g/mol. The zero-order chi connectivity index (χ0) is 30.7. The molecule has 0 aliphatic carbocycles. The van der Waals surface area contributed by atoms with Crippen LogP contribution in [0.25, 0.3) is 17.1 Å². The summed E-state index contributed by atoms with van der Waals surface area (Å²) in [6.07, 6.45) is -2.80. The summed E-state index contributed by atoms with van der Waals surface area (Å²) in [5, 5.41) is 5.10. The van der Waals surface area contributed by atoms with Crippen LogP contribution in [0.3, 0.4) is 0 Å². The first-order valence-corrected chi connectivity index (χ1v) is 14.5. The molecule has 0 bridgehead atoms. The van der Waals surface area contributed by atoms with Crippen molar-refractivity contribution in [3.63, 3.8) is 0 Å². The number of halogens is 3. The van der Waals surface area contributed by atoms with E-state index in [-0.39, 0.29) is 5.75 Å². The second-order valence-electron chi connectivity index (χ2n) is 10.2. The van der Waals surface area contributed by atoms with Crippen molar-refractivity contribution in [1.29, 1.82) is 0 Å². The Morgan fingerprint density at radius 2 is 1.70 bits per heavy atom. The molecule has 2 amide bonds. The highest BCUT2D eigenvalue weighted by molar-refractivity contribution is 8.14. The maximum Gasteiger partial charge on any atom is 0.573 e. The molecule has 0 radical (unpaired) electrons. The van der Waals surface area contributed by atoms with Gasteiger partial charge in [-0.2, -0.15) is 4.99 Å². The number of nitrogens with zero attached hydrogens (tertiary/aromatic N) is 6. The number of rotatable bonds is 6. The van der Waals surface area contributed by atoms with E-state index >= 15 is 0 Å². The third-order valence-electron chi connectivity index (χ3n) is 6.66. The number of urea groups is 1. The SMILES string of the molecule is CC(Cc1ccc(-c2ncn(-c3ccc(OC(F)(F)F)cc3)n2)cc1)=NC(=O)N=C1SCCN1c1c(C)cc(C)cc1C. The fourth-order valence-corrected chi connectivity index (χ4v) is 5.93. The molecule has 222 valence electrons. The highest BCUT2D eigenvalue weighted by atomic mass is 32.2. The van der Waals surface area contributed by atoms with Gasteiger partial charge in [-0.15, -0.1) is 18.3 Å². The van der Waals surface area contributed by atoms with Gasteiger partial charge in [0.1, 0.15) is 12.1 Å². The topological polar surface area (TPSA) is 85.0 Å². The van der Waals surface area contributed by atoms with Crippen LogP contribution in [0.2, 0.25) is 0 Å². The summed E-state index contributed by atoms with van der Waals surface area (Å²) in [5.41, 5.74) is 7.48. The minimum absolute atomic E-state index is 0.313. The van der Waals surface area contributed by atoms with Gasteiger partial charge in [0.05, 0.1) is 5.69 Å². The molecule has 1 aliphatic heterocycles. The van der Waals surface area contributed by atoms with Crippen LogP contribution in [0.4, 0.5) is 23.7 Å². The van der Waals surface area contributed by atoms with Gasteiger partial charge in [0.25, 0.3) is 0 Å². The third-order valence-corrected chi connectivity index (χ3v) is 7.62. The third kappa shape index (κ3) is 7.50. The van der Waals surface area contributed by atoms with Crippen molar-refractivity contribution >= 4 is 34.4 Å². The number of carbonyl (C=O) groups is 1. The van der Waals surface area contributed by atoms with E-state index in [1.807, 2.05) is 24.3 Å². The van der Waals surface area contributed by atoms with Crippen LogP contribution in [0.5, 0.6) is 5.75 Å². The summed E-state index contributed by atoms with van der Waals surface area (Å²) < 4.78 is 42.6. The fourth-order valence-electron chi connectivity index (χ4n) is 5.00. The first-order valence-electron chi connectivity index (χ1n) is 13.5. The first-order chi connectivity index (χ1) is 20.4. The zero-order valence-corrected chi connectivity index (χ0v) is 24.8. The summed E-state index contributed by atoms with van der Waals surface area (Å²) in [4.78, 5) is 27.7. The number of thioether (sulfide) groups is 1. The fraction of sp³-hybridized carbons (Fsp3) is 0.258. The number of hydrogen-bond donors (Lipinski definition) is 0. The molecule has 3 aromatic carbocycles. The molecule has 0 saturated carbocycles. The number of aliphatic imine (C=N–C) groups is 2. The summed E-state index contributed by atoms with van der Waals surface area (Å²) in [6.45, 7) is 8.81. The van der Waals surface area contributed by atoms with E-state index in [4.69, 9.17) is 0 Å². The molecule has 8 nitrogen and oxygen atoms in total. The lowest BCUT2D eigenvalue weighted by atomic mass is 10.0. The molecule has 4 aromatic rings. The average molecular weight is 607 g/mol. The van der Waals surface area contributed by atoms with E-state index in [1.165, 1.54) is 40.8 Å². The van der Waals surface area contributed by atoms with Crippen LogP contribution in [0, 0.1) is 20.8 Å². The van der Waals surface area contributed by atoms with Gasteiger partial charge >= 0.3 is 12.4 Å². The Morgan fingerprint density at radius 3 is 2.35 bits per heavy atom. The number of amides is 2. The average Bonchev–Trinajstić information content (AvgIpc) is 3.58. The molecule has 0 spiro atoms. The normalized spacial score (nSPS) is 14.9. The van der Waals surface area contributed by atoms with Crippen LogP contribution in [-0.2, 0) is 6.42 Å². The van der Waals surface area contributed by atoms with Crippen molar-refractivity contribution in [3.05, 3.63) is 89.2 Å². The summed E-state index contributed by atoms with van der Waals surface area (Å²) in [6, 6.07) is 16.7. The number of aromatic nitrogens is 3. The van der Waals surface area contributed by atoms with E-state index in [0.29, 0.717) is 28.8 Å². The minimum Gasteiger partial charge on any atom is -0.406 e. The first kappa shape index (κ1) is 30.0. The molecule has 2 heterocycles. The number of aryl methyl sites for hydroxylation is 3. The maximum atomic E-state index is 12.7. The Hall–Kier alpha value is -4.45. The lowest BCUT2D eigenvalue weighted by molar-refractivity contribution is -0.274. The summed E-state index contributed by atoms with van der Waals surface area (Å²) >= 11 is 1.55. The number of amidine groups is 1. The molecule has 5 rings (SSSR count). The molecule has 0 N–H and O–H groups in total. The van der Waals surface area contributed by atoms with E-state index in [0.717, 1.165) is 40.2 Å². The summed E-state index contributed by atoms with van der Waals surface area (Å²) in [7, 11) is 0. The molecular formula is C31H29F3N6O2S. The number of hydrogen-bond acceptors (Lipinski definition) is 5. The van der Waals surface area contributed by atoms with Gasteiger partial charge in [-0.1, -0.05) is 53.7 Å². The van der Waals surface area contributed by atoms with Crippen molar-refractivity contribution in [2.24, 2.45) is 9.98 Å². The lowest BCUT2D eigenvalue weighted by Gasteiger charge is -2.23. The maximum absolute atomic E-state index is 12.7. The van der Waals surface area contributed by atoms with Gasteiger partial charge in [0.15, 0.2) is 11.0 Å². The second-order valence-corrected chi connectivity index (χ2v) is 11.3. The van der Waals surface area contributed by atoms with Crippen molar-refractivity contribution in [2.75, 3.05) is 17.2 Å². The van der Waals surface area contributed by atoms with Crippen LogP contribution < -0.4 is 9.64 Å². The molecule has 1 aliphatic rings. The molecule has 1 fully saturated rings. The van der Waals surface area contributed by atoms with Crippen molar-refractivity contribution in [3.8, 4) is 22.8 Å². The Kier molecular flexibility index (Phi) is 8.67. The molecule has 0 atom stereocenters. The largest absolute Gasteiger partial charge is 0.573 e. The highest BCUT2D eigenvalue weighted by Gasteiger charge is 2.31. The minimum atomic E-state index is -4.75. The van der Waals surface area contributed by atoms with Crippen LogP contribution >= 0.6 is 11.8 Å². The standard InChI is InChI=1S/C31H29F3N6O2S/c1-19-15-20(2)27(21(3)16-19)39-13-14-43-30(39)37-29(41)36-22(4)17-23-5-7-24(8-6-23)28-35-18-40(38-28)25-9-11-26(12-10-25)42-31(32,33)34/h5-12,15-16,18H,13-14,17H2,1-4H3. The van der Waals surface area contributed by atoms with Gasteiger partial charge in [-0.25, -0.2) is 19.5 Å². The van der Waals surface area contributed by atoms with E-state index < -0.39 is 12.4 Å². The predicted molar refractivity (Wildman–Crippen MR) is 164 cm³/mol. The molecular weight excluding hydrogens is 577 g/mol. The van der Waals surface area contributed by atoms with Crippen molar-refractivity contribution < 1.29 is 22.7 Å². The molecule has 12 heteroatoms. The van der Waals surface area contributed by atoms with Gasteiger partial charge in [-0.05, 0) is 68.7 Å². The van der Waals surface area contributed by atoms with E-state index in [9.17, 15) is 18.0 Å². The van der Waals surface area contributed by atoms with Gasteiger partial charge in [-0.3, -0.25) is 0 Å². The van der Waals surface area contributed by atoms with Crippen LogP contribution in [0.1, 0.15) is 29.2 Å². The number of anilines is 1. The molecule has 1 saturated heterocycles. The highest BCUT2D eigenvalue weighted by Crippen LogP contribution is 2.32. The lowest BCUT2D eigenvalue weighted by Crippen LogP contribution is -2.26. The Morgan fingerprint density at radius 1 is 1.02 bits per heavy atom. The van der Waals surface area contributed by atoms with E-state index in [2.05, 4.69) is 62.6 Å². The van der Waals surface area contributed by atoms with Crippen LogP contribution in [0.15, 0.2) is 77.0 Å². The Balaban J connectivity index is 1.22. The van der Waals surface area contributed by atoms with Gasteiger partial charge < -0.3 is 9.64 Å². The van der Waals surface area contributed by atoms with Gasteiger partial charge in [0, 0.05) is 35.7 Å². The second kappa shape index (κ2) is 12.4. The Bertz CT molecular complexity index is 1670. The number of ether oxygens (including phenoxy) is 1. The van der Waals surface area contributed by atoms with Crippen molar-refractivity contribution in [1.82, 2.24) is 14.8 Å². The Labute approximate surface area is 251 Å². The van der Waals surface area contributed by atoms with Crippen LogP contribution in [-0.4, -0.2) is 50.3 Å². The quantitative estimate of drug-likeness (QED) is 0.212. The summed E-state index contributed by atoms with van der Waals surface area (Å²) in [5.74, 6) is 0.993. The molecule has 0 unspecified atom stereocenters.